The molecular formula is C20H33NO3. The van der Waals surface area contributed by atoms with Gasteiger partial charge in [0.25, 0.3) is 0 Å². The summed E-state index contributed by atoms with van der Waals surface area (Å²) in [5.41, 5.74) is -0.548. The maximum absolute atomic E-state index is 13.2. The maximum Gasteiger partial charge on any atom is 0.226 e. The topological polar surface area (TPSA) is 58.6 Å². The molecule has 5 saturated carbocycles. The fourth-order valence-electron chi connectivity index (χ4n) is 7.04. The molecule has 0 saturated heterocycles. The molecule has 136 valence electrons. The minimum absolute atomic E-state index is 0.159. The van der Waals surface area contributed by atoms with Crippen molar-refractivity contribution in [3.8, 4) is 0 Å². The predicted octanol–water partition coefficient (Wildman–Crippen LogP) is 3.03. The first kappa shape index (κ1) is 16.8. The van der Waals surface area contributed by atoms with E-state index in [0.29, 0.717) is 12.3 Å². The van der Waals surface area contributed by atoms with Gasteiger partial charge in [-0.05, 0) is 62.7 Å². The van der Waals surface area contributed by atoms with E-state index in [1.165, 1.54) is 12.8 Å². The number of hydrogen-bond donors (Lipinski definition) is 2. The summed E-state index contributed by atoms with van der Waals surface area (Å²) in [4.78, 5) is 13.2. The quantitative estimate of drug-likeness (QED) is 0.784. The minimum Gasteiger partial charge on any atom is -0.390 e. The zero-order valence-corrected chi connectivity index (χ0v) is 15.3. The van der Waals surface area contributed by atoms with Crippen LogP contribution in [0.2, 0.25) is 0 Å². The van der Waals surface area contributed by atoms with Crippen LogP contribution in [0.15, 0.2) is 0 Å². The van der Waals surface area contributed by atoms with Crippen molar-refractivity contribution in [3.05, 3.63) is 0 Å². The molecule has 5 aliphatic rings. The van der Waals surface area contributed by atoms with Crippen molar-refractivity contribution >= 4 is 5.91 Å². The molecular weight excluding hydrogens is 302 g/mol. The van der Waals surface area contributed by atoms with Crippen molar-refractivity contribution in [2.75, 3.05) is 20.3 Å². The van der Waals surface area contributed by atoms with Crippen LogP contribution in [0.5, 0.6) is 0 Å². The number of carbonyl (C=O) groups excluding carboxylic acids is 1. The molecule has 4 nitrogen and oxygen atoms in total. The molecule has 4 unspecified atom stereocenters. The lowest BCUT2D eigenvalue weighted by Gasteiger charge is -2.64. The SMILES string of the molecule is CCC12CC3CC(O)(C1)CC(C(=O)NCC1(COC)CCC1)(C3)C2. The Balaban J connectivity index is 1.49. The van der Waals surface area contributed by atoms with E-state index in [2.05, 4.69) is 12.2 Å². The smallest absolute Gasteiger partial charge is 0.226 e. The Kier molecular flexibility index (Phi) is 3.82. The largest absolute Gasteiger partial charge is 0.390 e. The fourth-order valence-corrected chi connectivity index (χ4v) is 7.04. The number of methoxy groups -OCH3 is 1. The van der Waals surface area contributed by atoms with Crippen molar-refractivity contribution in [3.63, 3.8) is 0 Å². The number of amides is 1. The highest BCUT2D eigenvalue weighted by Gasteiger charge is 2.64. The first-order valence-corrected chi connectivity index (χ1v) is 9.86. The van der Waals surface area contributed by atoms with Gasteiger partial charge in [0.15, 0.2) is 0 Å². The molecule has 5 rings (SSSR count). The fraction of sp³-hybridized carbons (Fsp3) is 0.950. The van der Waals surface area contributed by atoms with Crippen LogP contribution in [-0.2, 0) is 9.53 Å². The molecule has 4 atom stereocenters. The summed E-state index contributed by atoms with van der Waals surface area (Å²) in [7, 11) is 1.75. The molecule has 0 aliphatic heterocycles. The Morgan fingerprint density at radius 1 is 1.21 bits per heavy atom. The Morgan fingerprint density at radius 2 is 2.00 bits per heavy atom. The minimum atomic E-state index is -0.590. The van der Waals surface area contributed by atoms with Gasteiger partial charge in [-0.3, -0.25) is 4.79 Å². The molecule has 4 bridgehead atoms. The lowest BCUT2D eigenvalue weighted by Crippen LogP contribution is -2.64. The van der Waals surface area contributed by atoms with Gasteiger partial charge in [-0.2, -0.15) is 0 Å². The molecule has 0 aromatic rings. The molecule has 5 fully saturated rings. The average Bonchev–Trinajstić information content (AvgIpc) is 2.47. The Bertz CT molecular complexity index is 531. The van der Waals surface area contributed by atoms with Crippen LogP contribution < -0.4 is 5.32 Å². The van der Waals surface area contributed by atoms with E-state index >= 15 is 0 Å². The van der Waals surface area contributed by atoms with Gasteiger partial charge >= 0.3 is 0 Å². The Labute approximate surface area is 145 Å². The van der Waals surface area contributed by atoms with Gasteiger partial charge in [-0.15, -0.1) is 0 Å². The van der Waals surface area contributed by atoms with Gasteiger partial charge in [-0.25, -0.2) is 0 Å². The third kappa shape index (κ3) is 2.52. The van der Waals surface area contributed by atoms with Crippen LogP contribution in [0.25, 0.3) is 0 Å². The highest BCUT2D eigenvalue weighted by molar-refractivity contribution is 5.83. The molecule has 0 radical (unpaired) electrons. The molecule has 24 heavy (non-hydrogen) atoms. The second-order valence-electron chi connectivity index (χ2n) is 9.84. The second-order valence-corrected chi connectivity index (χ2v) is 9.84. The van der Waals surface area contributed by atoms with Crippen LogP contribution in [0.1, 0.15) is 71.1 Å². The summed E-state index contributed by atoms with van der Waals surface area (Å²) < 4.78 is 5.39. The first-order chi connectivity index (χ1) is 11.4. The van der Waals surface area contributed by atoms with E-state index in [0.717, 1.165) is 58.1 Å². The van der Waals surface area contributed by atoms with Gasteiger partial charge in [-0.1, -0.05) is 19.8 Å². The van der Waals surface area contributed by atoms with Crippen molar-refractivity contribution < 1.29 is 14.6 Å². The molecule has 1 amide bonds. The number of nitrogens with one attached hydrogen (secondary N) is 1. The van der Waals surface area contributed by atoms with Crippen LogP contribution >= 0.6 is 0 Å². The van der Waals surface area contributed by atoms with Gasteiger partial charge in [0.1, 0.15) is 0 Å². The van der Waals surface area contributed by atoms with E-state index in [1.54, 1.807) is 7.11 Å². The number of ether oxygens (including phenoxy) is 1. The first-order valence-electron chi connectivity index (χ1n) is 9.86. The normalized spacial score (nSPS) is 45.0. The molecule has 0 aromatic carbocycles. The third-order valence-electron chi connectivity index (χ3n) is 7.87. The average molecular weight is 335 g/mol. The van der Waals surface area contributed by atoms with Gasteiger partial charge in [0.2, 0.25) is 5.91 Å². The summed E-state index contributed by atoms with van der Waals surface area (Å²) >= 11 is 0. The standard InChI is InChI=1S/C20H33NO3/c1-3-17-7-15-8-19(10-17,12-20(23,9-15)11-17)16(22)21-13-18(14-24-2)5-4-6-18/h15,23H,3-14H2,1-2H3,(H,21,22). The van der Waals surface area contributed by atoms with Gasteiger partial charge < -0.3 is 15.2 Å². The highest BCUT2D eigenvalue weighted by atomic mass is 16.5. The Morgan fingerprint density at radius 3 is 2.58 bits per heavy atom. The van der Waals surface area contributed by atoms with E-state index in [9.17, 15) is 9.90 Å². The monoisotopic (exact) mass is 335 g/mol. The van der Waals surface area contributed by atoms with E-state index < -0.39 is 5.60 Å². The van der Waals surface area contributed by atoms with Crippen molar-refractivity contribution in [2.45, 2.75) is 76.7 Å². The molecule has 0 aromatic heterocycles. The summed E-state index contributed by atoms with van der Waals surface area (Å²) in [6, 6.07) is 0. The van der Waals surface area contributed by atoms with Crippen LogP contribution in [-0.4, -0.2) is 36.9 Å². The highest BCUT2D eigenvalue weighted by Crippen LogP contribution is 2.67. The number of aliphatic hydroxyl groups is 1. The second kappa shape index (κ2) is 5.44. The summed E-state index contributed by atoms with van der Waals surface area (Å²) in [6.45, 7) is 3.72. The molecule has 0 heterocycles. The van der Waals surface area contributed by atoms with Crippen LogP contribution in [0.4, 0.5) is 0 Å². The lowest BCUT2D eigenvalue weighted by molar-refractivity contribution is -0.204. The molecule has 4 heteroatoms. The maximum atomic E-state index is 13.2. The van der Waals surface area contributed by atoms with Crippen LogP contribution in [0.3, 0.4) is 0 Å². The Hall–Kier alpha value is -0.610. The van der Waals surface area contributed by atoms with E-state index in [4.69, 9.17) is 4.74 Å². The van der Waals surface area contributed by atoms with Gasteiger partial charge in [0, 0.05) is 19.1 Å². The molecule has 2 N–H and O–H groups in total. The van der Waals surface area contributed by atoms with Crippen LogP contribution in [0, 0.1) is 22.2 Å². The molecule has 5 aliphatic carbocycles. The van der Waals surface area contributed by atoms with E-state index in [1.807, 2.05) is 0 Å². The third-order valence-corrected chi connectivity index (χ3v) is 7.87. The summed E-state index contributed by atoms with van der Waals surface area (Å²) in [5.74, 6) is 0.749. The van der Waals surface area contributed by atoms with E-state index in [-0.39, 0.29) is 22.2 Å². The van der Waals surface area contributed by atoms with Crippen molar-refractivity contribution in [1.29, 1.82) is 0 Å². The number of rotatable bonds is 6. The van der Waals surface area contributed by atoms with Gasteiger partial charge in [0.05, 0.1) is 17.6 Å². The summed E-state index contributed by atoms with van der Waals surface area (Å²) in [5, 5.41) is 14.4. The zero-order chi connectivity index (χ0) is 17.1. The van der Waals surface area contributed by atoms with Crippen molar-refractivity contribution in [2.24, 2.45) is 22.2 Å². The number of hydrogen-bond acceptors (Lipinski definition) is 3. The number of carbonyl (C=O) groups is 1. The predicted molar refractivity (Wildman–Crippen MR) is 92.5 cm³/mol. The lowest BCUT2D eigenvalue weighted by atomic mass is 9.42. The molecule has 0 spiro atoms. The summed E-state index contributed by atoms with van der Waals surface area (Å²) in [6.07, 6.45) is 10.3. The zero-order valence-electron chi connectivity index (χ0n) is 15.3. The van der Waals surface area contributed by atoms with Crippen molar-refractivity contribution in [1.82, 2.24) is 5.32 Å².